The topological polar surface area (TPSA) is 60.8 Å². The maximum absolute atomic E-state index is 12.7. The molecule has 0 bridgehead atoms. The van der Waals surface area contributed by atoms with Gasteiger partial charge in [-0.15, -0.1) is 0 Å². The lowest BCUT2D eigenvalue weighted by Gasteiger charge is -2.28. The molecular weight excluding hydrogens is 287 g/mol. The number of rotatable bonds is 3. The minimum Gasteiger partial charge on any atom is -0.478 e. The Morgan fingerprint density at radius 1 is 1.43 bits per heavy atom. The molecular formula is C14H16F3NO3. The molecule has 21 heavy (non-hydrogen) atoms. The summed E-state index contributed by atoms with van der Waals surface area (Å²) in [5.41, 5.74) is -1.16. The van der Waals surface area contributed by atoms with Crippen LogP contribution in [0, 0.1) is 5.92 Å². The van der Waals surface area contributed by atoms with Crippen molar-refractivity contribution in [2.75, 3.05) is 18.1 Å². The van der Waals surface area contributed by atoms with Gasteiger partial charge < -0.3 is 15.1 Å². The molecule has 1 saturated heterocycles. The lowest BCUT2D eigenvalue weighted by molar-refractivity contribution is -0.137. The van der Waals surface area contributed by atoms with Crippen molar-refractivity contribution in [3.63, 3.8) is 0 Å². The van der Waals surface area contributed by atoms with Crippen LogP contribution in [0.15, 0.2) is 18.2 Å². The fourth-order valence-corrected chi connectivity index (χ4v) is 2.72. The lowest BCUT2D eigenvalue weighted by atomic mass is 10.0. The van der Waals surface area contributed by atoms with E-state index in [1.165, 1.54) is 6.07 Å². The van der Waals surface area contributed by atoms with Crippen LogP contribution in [-0.4, -0.2) is 35.4 Å². The number of hydrogen-bond acceptors (Lipinski definition) is 3. The van der Waals surface area contributed by atoms with Crippen LogP contribution in [0.3, 0.4) is 0 Å². The first kappa shape index (κ1) is 15.6. The molecule has 1 fully saturated rings. The Morgan fingerprint density at radius 3 is 2.62 bits per heavy atom. The smallest absolute Gasteiger partial charge is 0.416 e. The molecule has 1 aliphatic rings. The second kappa shape index (κ2) is 5.55. The maximum Gasteiger partial charge on any atom is 0.416 e. The van der Waals surface area contributed by atoms with Gasteiger partial charge in [-0.1, -0.05) is 6.92 Å². The summed E-state index contributed by atoms with van der Waals surface area (Å²) >= 11 is 0. The average Bonchev–Trinajstić information content (AvgIpc) is 2.77. The van der Waals surface area contributed by atoms with E-state index in [4.69, 9.17) is 0 Å². The molecule has 7 heteroatoms. The number of aliphatic hydroxyl groups excluding tert-OH is 1. The van der Waals surface area contributed by atoms with Crippen LogP contribution in [0.1, 0.15) is 29.3 Å². The third-order valence-electron chi connectivity index (χ3n) is 3.93. The molecule has 0 aromatic heterocycles. The minimum atomic E-state index is -4.59. The quantitative estimate of drug-likeness (QED) is 0.901. The zero-order chi connectivity index (χ0) is 15.8. The van der Waals surface area contributed by atoms with Gasteiger partial charge in [0.2, 0.25) is 0 Å². The Balaban J connectivity index is 2.47. The Hall–Kier alpha value is -1.76. The van der Waals surface area contributed by atoms with E-state index in [0.717, 1.165) is 12.5 Å². The van der Waals surface area contributed by atoms with Crippen molar-refractivity contribution >= 4 is 11.7 Å². The van der Waals surface area contributed by atoms with Gasteiger partial charge in [-0.3, -0.25) is 0 Å². The van der Waals surface area contributed by atoms with Gasteiger partial charge in [-0.2, -0.15) is 13.2 Å². The second-order valence-corrected chi connectivity index (χ2v) is 5.24. The molecule has 2 atom stereocenters. The summed E-state index contributed by atoms with van der Waals surface area (Å²) in [5, 5.41) is 18.6. The van der Waals surface area contributed by atoms with Crippen molar-refractivity contribution < 1.29 is 28.2 Å². The molecule has 1 aliphatic heterocycles. The highest BCUT2D eigenvalue weighted by Crippen LogP contribution is 2.36. The maximum atomic E-state index is 12.7. The number of carbonyl (C=O) groups is 1. The number of nitrogens with zero attached hydrogens (tertiary/aromatic N) is 1. The number of aliphatic hydroxyl groups is 1. The summed E-state index contributed by atoms with van der Waals surface area (Å²) in [4.78, 5) is 13.0. The predicted octanol–water partition coefficient (Wildman–Crippen LogP) is 2.61. The Labute approximate surface area is 119 Å². The van der Waals surface area contributed by atoms with Gasteiger partial charge in [0.25, 0.3) is 0 Å². The number of alkyl halides is 3. The Kier molecular flexibility index (Phi) is 4.13. The molecule has 2 rings (SSSR count). The van der Waals surface area contributed by atoms with E-state index in [0.29, 0.717) is 12.6 Å². The monoisotopic (exact) mass is 303 g/mol. The summed E-state index contributed by atoms with van der Waals surface area (Å²) in [7, 11) is 0. The summed E-state index contributed by atoms with van der Waals surface area (Å²) in [6, 6.07) is 2.42. The second-order valence-electron chi connectivity index (χ2n) is 5.24. The van der Waals surface area contributed by atoms with Crippen molar-refractivity contribution in [3.05, 3.63) is 29.3 Å². The van der Waals surface area contributed by atoms with E-state index in [1.807, 2.05) is 6.92 Å². The number of carboxylic acids is 1. The van der Waals surface area contributed by atoms with E-state index in [1.54, 1.807) is 4.90 Å². The third-order valence-corrected chi connectivity index (χ3v) is 3.93. The van der Waals surface area contributed by atoms with Gasteiger partial charge in [0, 0.05) is 6.54 Å². The van der Waals surface area contributed by atoms with Crippen LogP contribution < -0.4 is 4.90 Å². The predicted molar refractivity (Wildman–Crippen MR) is 70.4 cm³/mol. The zero-order valence-corrected chi connectivity index (χ0v) is 11.4. The average molecular weight is 303 g/mol. The molecule has 0 saturated carbocycles. The van der Waals surface area contributed by atoms with Crippen LogP contribution in [0.2, 0.25) is 0 Å². The van der Waals surface area contributed by atoms with Crippen LogP contribution >= 0.6 is 0 Å². The molecule has 1 aromatic rings. The fourth-order valence-electron chi connectivity index (χ4n) is 2.72. The van der Waals surface area contributed by atoms with Gasteiger partial charge in [-0.25, -0.2) is 4.79 Å². The number of aromatic carboxylic acids is 1. The van der Waals surface area contributed by atoms with Crippen LogP contribution in [0.5, 0.6) is 0 Å². The van der Waals surface area contributed by atoms with Gasteiger partial charge in [-0.05, 0) is 30.5 Å². The number of anilines is 1. The normalized spacial score (nSPS) is 22.6. The zero-order valence-electron chi connectivity index (χ0n) is 11.4. The van der Waals surface area contributed by atoms with E-state index in [9.17, 15) is 28.2 Å². The van der Waals surface area contributed by atoms with Gasteiger partial charge >= 0.3 is 12.1 Å². The largest absolute Gasteiger partial charge is 0.478 e. The highest BCUT2D eigenvalue weighted by Gasteiger charge is 2.35. The van der Waals surface area contributed by atoms with E-state index in [2.05, 4.69) is 0 Å². The highest BCUT2D eigenvalue weighted by atomic mass is 19.4. The van der Waals surface area contributed by atoms with Crippen LogP contribution in [-0.2, 0) is 6.18 Å². The fraction of sp³-hybridized carbons (Fsp3) is 0.500. The number of benzene rings is 1. The first-order chi connectivity index (χ1) is 9.75. The summed E-state index contributed by atoms with van der Waals surface area (Å²) < 4.78 is 38.1. The first-order valence-corrected chi connectivity index (χ1v) is 6.57. The molecule has 0 aliphatic carbocycles. The van der Waals surface area contributed by atoms with E-state index in [-0.39, 0.29) is 24.3 Å². The molecule has 4 nitrogen and oxygen atoms in total. The molecule has 0 spiro atoms. The standard InChI is InChI=1S/C14H16F3NO3/c1-8-4-5-18(12(8)7-19)11-3-2-9(14(15,16)17)6-10(11)13(20)21/h2-3,6,8,12,19H,4-5,7H2,1H3,(H,20,21). The number of hydrogen-bond donors (Lipinski definition) is 2. The van der Waals surface area contributed by atoms with Gasteiger partial charge in [0.15, 0.2) is 0 Å². The van der Waals surface area contributed by atoms with Gasteiger partial charge in [0.05, 0.1) is 29.5 Å². The van der Waals surface area contributed by atoms with Gasteiger partial charge in [0.1, 0.15) is 0 Å². The van der Waals surface area contributed by atoms with Crippen LogP contribution in [0.25, 0.3) is 0 Å². The highest BCUT2D eigenvalue weighted by molar-refractivity contribution is 5.95. The summed E-state index contributed by atoms with van der Waals surface area (Å²) in [6.07, 6.45) is -3.83. The van der Waals surface area contributed by atoms with E-state index >= 15 is 0 Å². The Morgan fingerprint density at radius 2 is 2.10 bits per heavy atom. The summed E-state index contributed by atoms with van der Waals surface area (Å²) in [5.74, 6) is -1.26. The number of carboxylic acid groups (broad SMARTS) is 1. The van der Waals surface area contributed by atoms with Crippen molar-refractivity contribution in [3.8, 4) is 0 Å². The summed E-state index contributed by atoms with van der Waals surface area (Å²) in [6.45, 7) is 2.27. The molecule has 116 valence electrons. The molecule has 1 heterocycles. The Bertz CT molecular complexity index is 545. The molecule has 0 amide bonds. The molecule has 2 unspecified atom stereocenters. The number of halogens is 3. The molecule has 0 radical (unpaired) electrons. The van der Waals surface area contributed by atoms with Crippen molar-refractivity contribution in [2.24, 2.45) is 5.92 Å². The lowest BCUT2D eigenvalue weighted by Crippen LogP contribution is -2.36. The minimum absolute atomic E-state index is 0.152. The van der Waals surface area contributed by atoms with Crippen molar-refractivity contribution in [2.45, 2.75) is 25.6 Å². The molecule has 1 aromatic carbocycles. The van der Waals surface area contributed by atoms with Crippen LogP contribution in [0.4, 0.5) is 18.9 Å². The van der Waals surface area contributed by atoms with E-state index < -0.39 is 23.3 Å². The van der Waals surface area contributed by atoms with Crippen molar-refractivity contribution in [1.82, 2.24) is 0 Å². The first-order valence-electron chi connectivity index (χ1n) is 6.57. The SMILES string of the molecule is CC1CCN(c2ccc(C(F)(F)F)cc2C(=O)O)C1CO. The van der Waals surface area contributed by atoms with Crippen molar-refractivity contribution in [1.29, 1.82) is 0 Å². The third kappa shape index (κ3) is 2.97. The molecule has 2 N–H and O–H groups in total.